The fourth-order valence-electron chi connectivity index (χ4n) is 2.26. The second kappa shape index (κ2) is 6.56. The standard InChI is InChI=1S/C17H12N4O2S/c18-9-11-5-7-12(8-6-11)21-16(23)13-3-1-2-4-14(13)20-17(21)24-10-15(19)22/h1-8H,10H2,(H2,19,22). The number of hydrogen-bond acceptors (Lipinski definition) is 5. The van der Waals surface area contributed by atoms with Crippen LogP contribution in [0.1, 0.15) is 5.56 Å². The van der Waals surface area contributed by atoms with Gasteiger partial charge in [-0.2, -0.15) is 5.26 Å². The predicted molar refractivity (Wildman–Crippen MR) is 92.0 cm³/mol. The number of aromatic nitrogens is 2. The van der Waals surface area contributed by atoms with Crippen molar-refractivity contribution in [2.75, 3.05) is 5.75 Å². The van der Waals surface area contributed by atoms with Crippen LogP contribution in [-0.2, 0) is 4.79 Å². The fraction of sp³-hybridized carbons (Fsp3) is 0.0588. The predicted octanol–water partition coefficient (Wildman–Crippen LogP) is 1.83. The molecule has 0 atom stereocenters. The Bertz CT molecular complexity index is 1020. The van der Waals surface area contributed by atoms with E-state index in [0.717, 1.165) is 11.8 Å². The molecule has 1 heterocycles. The summed E-state index contributed by atoms with van der Waals surface area (Å²) in [7, 11) is 0. The van der Waals surface area contributed by atoms with Crippen LogP contribution >= 0.6 is 11.8 Å². The smallest absolute Gasteiger partial charge is 0.266 e. The minimum atomic E-state index is -0.492. The molecule has 0 aliphatic carbocycles. The molecule has 0 fully saturated rings. The molecule has 1 aromatic heterocycles. The van der Waals surface area contributed by atoms with Gasteiger partial charge < -0.3 is 5.73 Å². The maximum Gasteiger partial charge on any atom is 0.266 e. The quantitative estimate of drug-likeness (QED) is 0.578. The summed E-state index contributed by atoms with van der Waals surface area (Å²) in [5.41, 5.74) is 6.59. The molecule has 7 heteroatoms. The third-order valence-corrected chi connectivity index (χ3v) is 4.30. The van der Waals surface area contributed by atoms with E-state index in [0.29, 0.717) is 27.3 Å². The van der Waals surface area contributed by atoms with Crippen molar-refractivity contribution in [3.8, 4) is 11.8 Å². The number of carbonyl (C=O) groups excluding carboxylic acids is 1. The first kappa shape index (κ1) is 15.8. The zero-order chi connectivity index (χ0) is 17.1. The van der Waals surface area contributed by atoms with E-state index in [2.05, 4.69) is 4.98 Å². The zero-order valence-electron chi connectivity index (χ0n) is 12.5. The molecule has 0 aliphatic rings. The highest BCUT2D eigenvalue weighted by Crippen LogP contribution is 2.21. The van der Waals surface area contributed by atoms with Crippen molar-refractivity contribution in [1.29, 1.82) is 5.26 Å². The topological polar surface area (TPSA) is 102 Å². The van der Waals surface area contributed by atoms with Crippen molar-refractivity contribution < 1.29 is 4.79 Å². The number of carbonyl (C=O) groups is 1. The van der Waals surface area contributed by atoms with Gasteiger partial charge >= 0.3 is 0 Å². The fourth-order valence-corrected chi connectivity index (χ4v) is 3.01. The van der Waals surface area contributed by atoms with Gasteiger partial charge in [0, 0.05) is 0 Å². The van der Waals surface area contributed by atoms with Gasteiger partial charge in [0.1, 0.15) is 0 Å². The van der Waals surface area contributed by atoms with E-state index in [1.54, 1.807) is 48.5 Å². The van der Waals surface area contributed by atoms with E-state index in [1.807, 2.05) is 6.07 Å². The van der Waals surface area contributed by atoms with Crippen molar-refractivity contribution in [3.05, 3.63) is 64.4 Å². The van der Waals surface area contributed by atoms with Crippen LogP contribution < -0.4 is 11.3 Å². The Balaban J connectivity index is 2.23. The highest BCUT2D eigenvalue weighted by atomic mass is 32.2. The summed E-state index contributed by atoms with van der Waals surface area (Å²) < 4.78 is 1.43. The molecule has 0 saturated carbocycles. The van der Waals surface area contributed by atoms with E-state index in [4.69, 9.17) is 11.0 Å². The monoisotopic (exact) mass is 336 g/mol. The number of nitriles is 1. The number of hydrogen-bond donors (Lipinski definition) is 1. The van der Waals surface area contributed by atoms with Crippen LogP contribution in [0.3, 0.4) is 0 Å². The maximum atomic E-state index is 12.9. The number of thioether (sulfide) groups is 1. The van der Waals surface area contributed by atoms with Gasteiger partial charge in [-0.1, -0.05) is 23.9 Å². The molecule has 118 valence electrons. The Labute approximate surface area is 141 Å². The maximum absolute atomic E-state index is 12.9. The van der Waals surface area contributed by atoms with E-state index in [1.165, 1.54) is 4.57 Å². The van der Waals surface area contributed by atoms with Gasteiger partial charge in [-0.15, -0.1) is 0 Å². The average Bonchev–Trinajstić information content (AvgIpc) is 2.60. The van der Waals surface area contributed by atoms with Crippen molar-refractivity contribution in [1.82, 2.24) is 9.55 Å². The lowest BCUT2D eigenvalue weighted by Crippen LogP contribution is -2.23. The second-order valence-electron chi connectivity index (χ2n) is 4.97. The first-order valence-corrected chi connectivity index (χ1v) is 8.02. The molecule has 1 amide bonds. The minimum absolute atomic E-state index is 0.0149. The molecule has 0 saturated heterocycles. The molecule has 0 radical (unpaired) electrons. The van der Waals surface area contributed by atoms with Crippen molar-refractivity contribution >= 4 is 28.6 Å². The normalized spacial score (nSPS) is 10.5. The Kier molecular flexibility index (Phi) is 4.31. The van der Waals surface area contributed by atoms with Gasteiger partial charge in [-0.3, -0.25) is 14.2 Å². The van der Waals surface area contributed by atoms with Crippen molar-refractivity contribution in [2.45, 2.75) is 5.16 Å². The number of nitrogens with two attached hydrogens (primary N) is 1. The van der Waals surface area contributed by atoms with Crippen LogP contribution in [-0.4, -0.2) is 21.2 Å². The first-order valence-electron chi connectivity index (χ1n) is 7.03. The summed E-state index contributed by atoms with van der Waals surface area (Å²) >= 11 is 1.10. The lowest BCUT2D eigenvalue weighted by molar-refractivity contribution is -0.115. The van der Waals surface area contributed by atoms with Gasteiger partial charge in [0.25, 0.3) is 5.56 Å². The summed E-state index contributed by atoms with van der Waals surface area (Å²) in [5, 5.41) is 9.76. The molecule has 24 heavy (non-hydrogen) atoms. The largest absolute Gasteiger partial charge is 0.369 e. The first-order chi connectivity index (χ1) is 11.6. The lowest BCUT2D eigenvalue weighted by Gasteiger charge is -2.12. The Morgan fingerprint density at radius 3 is 2.58 bits per heavy atom. The number of rotatable bonds is 4. The van der Waals surface area contributed by atoms with E-state index < -0.39 is 5.91 Å². The van der Waals surface area contributed by atoms with Gasteiger partial charge in [0.2, 0.25) is 5.91 Å². The van der Waals surface area contributed by atoms with E-state index in [-0.39, 0.29) is 11.3 Å². The molecule has 0 unspecified atom stereocenters. The summed E-state index contributed by atoms with van der Waals surface area (Å²) in [6, 6.07) is 15.6. The number of para-hydroxylation sites is 1. The van der Waals surface area contributed by atoms with Crippen molar-refractivity contribution in [2.24, 2.45) is 5.73 Å². The molecule has 2 N–H and O–H groups in total. The zero-order valence-corrected chi connectivity index (χ0v) is 13.3. The molecule has 3 aromatic rings. The SMILES string of the molecule is N#Cc1ccc(-n2c(SCC(N)=O)nc3ccccc3c2=O)cc1. The van der Waals surface area contributed by atoms with Gasteiger partial charge in [-0.25, -0.2) is 4.98 Å². The number of nitrogens with zero attached hydrogens (tertiary/aromatic N) is 3. The second-order valence-corrected chi connectivity index (χ2v) is 5.91. The molecule has 0 aliphatic heterocycles. The third kappa shape index (κ3) is 3.00. The van der Waals surface area contributed by atoms with Crippen molar-refractivity contribution in [3.63, 3.8) is 0 Å². The summed E-state index contributed by atoms with van der Waals surface area (Å²) in [4.78, 5) is 28.5. The van der Waals surface area contributed by atoms with Crippen LogP contribution in [0.25, 0.3) is 16.6 Å². The van der Waals surface area contributed by atoms with Gasteiger partial charge in [-0.05, 0) is 36.4 Å². The van der Waals surface area contributed by atoms with E-state index in [9.17, 15) is 9.59 Å². The average molecular weight is 336 g/mol. The van der Waals surface area contributed by atoms with Gasteiger partial charge in [0.05, 0.1) is 34.0 Å². The van der Waals surface area contributed by atoms with Crippen LogP contribution in [0.15, 0.2) is 58.5 Å². The van der Waals surface area contributed by atoms with Crippen LogP contribution in [0.2, 0.25) is 0 Å². The Morgan fingerprint density at radius 2 is 1.92 bits per heavy atom. The van der Waals surface area contributed by atoms with Crippen LogP contribution in [0.5, 0.6) is 0 Å². The molecular weight excluding hydrogens is 324 g/mol. The molecule has 0 spiro atoms. The third-order valence-electron chi connectivity index (χ3n) is 3.34. The Hall–Kier alpha value is -3.11. The number of amides is 1. The Morgan fingerprint density at radius 1 is 1.21 bits per heavy atom. The summed E-state index contributed by atoms with van der Waals surface area (Å²) in [5.74, 6) is -0.477. The number of benzene rings is 2. The van der Waals surface area contributed by atoms with Crippen LogP contribution in [0.4, 0.5) is 0 Å². The summed E-state index contributed by atoms with van der Waals surface area (Å²) in [6.07, 6.45) is 0. The molecule has 0 bridgehead atoms. The number of fused-ring (bicyclic) bond motifs is 1. The van der Waals surface area contributed by atoms with Gasteiger partial charge in [0.15, 0.2) is 5.16 Å². The molecule has 3 rings (SSSR count). The number of primary amides is 1. The summed E-state index contributed by atoms with van der Waals surface area (Å²) in [6.45, 7) is 0. The highest BCUT2D eigenvalue weighted by molar-refractivity contribution is 7.99. The van der Waals surface area contributed by atoms with Crippen LogP contribution in [0, 0.1) is 11.3 Å². The highest BCUT2D eigenvalue weighted by Gasteiger charge is 2.14. The van der Waals surface area contributed by atoms with E-state index >= 15 is 0 Å². The molecule has 6 nitrogen and oxygen atoms in total. The molecule has 2 aromatic carbocycles. The lowest BCUT2D eigenvalue weighted by atomic mass is 10.2. The minimum Gasteiger partial charge on any atom is -0.369 e. The molecular formula is C17H12N4O2S.